The molecule has 4 rings (SSSR count). The van der Waals surface area contributed by atoms with Crippen LogP contribution in [0, 0.1) is 6.92 Å². The summed E-state index contributed by atoms with van der Waals surface area (Å²) in [6, 6.07) is 11.3. The number of hydrogen-bond donors (Lipinski definition) is 1. The highest BCUT2D eigenvalue weighted by Gasteiger charge is 2.29. The van der Waals surface area contributed by atoms with Gasteiger partial charge in [-0.1, -0.05) is 12.1 Å². The Bertz CT molecular complexity index is 1090. The molecule has 0 radical (unpaired) electrons. The molecule has 1 fully saturated rings. The van der Waals surface area contributed by atoms with Crippen LogP contribution in [0.2, 0.25) is 0 Å². The lowest BCUT2D eigenvalue weighted by Crippen LogP contribution is -2.24. The number of carbonyl (C=O) groups is 1. The van der Waals surface area contributed by atoms with Gasteiger partial charge in [0.25, 0.3) is 5.56 Å². The van der Waals surface area contributed by atoms with E-state index in [1.54, 1.807) is 16.7 Å². The van der Waals surface area contributed by atoms with Crippen molar-refractivity contribution in [3.05, 3.63) is 69.6 Å². The average Bonchev–Trinajstić information content (AvgIpc) is 3.47. The van der Waals surface area contributed by atoms with Crippen molar-refractivity contribution in [3.63, 3.8) is 0 Å². The first-order valence-corrected chi connectivity index (χ1v) is 8.64. The standard InChI is InChI=1S/C21H20N2O3/c1-12-16(14-4-3-5-15(22)10-14)8-9-23-19(12)17(13-6-7-13)11-18(20(23)24)21(25)26-2/h3-5,8-11,13H,6-7,22H2,1-2H3. The Morgan fingerprint density at radius 2 is 2.00 bits per heavy atom. The molecular weight excluding hydrogens is 328 g/mol. The smallest absolute Gasteiger partial charge is 0.343 e. The number of aryl methyl sites for hydroxylation is 1. The summed E-state index contributed by atoms with van der Waals surface area (Å²) in [4.78, 5) is 24.9. The zero-order valence-corrected chi connectivity index (χ0v) is 14.8. The third-order valence-electron chi connectivity index (χ3n) is 5.03. The number of carbonyl (C=O) groups excluding carboxylic acids is 1. The molecule has 0 atom stereocenters. The first kappa shape index (κ1) is 16.4. The molecule has 0 saturated heterocycles. The Hall–Kier alpha value is -3.08. The van der Waals surface area contributed by atoms with E-state index in [4.69, 9.17) is 10.5 Å². The quantitative estimate of drug-likeness (QED) is 0.580. The van der Waals surface area contributed by atoms with E-state index in [9.17, 15) is 9.59 Å². The summed E-state index contributed by atoms with van der Waals surface area (Å²) in [7, 11) is 1.29. The first-order chi connectivity index (χ1) is 12.5. The van der Waals surface area contributed by atoms with E-state index in [-0.39, 0.29) is 11.1 Å². The lowest BCUT2D eigenvalue weighted by molar-refractivity contribution is 0.0598. The second-order valence-corrected chi connectivity index (χ2v) is 6.78. The molecule has 1 aliphatic rings. The van der Waals surface area contributed by atoms with Gasteiger partial charge in [-0.15, -0.1) is 0 Å². The summed E-state index contributed by atoms with van der Waals surface area (Å²) in [6.45, 7) is 2.01. The molecule has 0 spiro atoms. The summed E-state index contributed by atoms with van der Waals surface area (Å²) in [5, 5.41) is 0. The number of rotatable bonds is 3. The largest absolute Gasteiger partial charge is 0.465 e. The highest BCUT2D eigenvalue weighted by atomic mass is 16.5. The number of anilines is 1. The minimum atomic E-state index is -0.594. The van der Waals surface area contributed by atoms with Crippen molar-refractivity contribution in [2.45, 2.75) is 25.7 Å². The summed E-state index contributed by atoms with van der Waals surface area (Å²) in [5.41, 5.74) is 11.3. The van der Waals surface area contributed by atoms with Crippen LogP contribution in [0.15, 0.2) is 47.4 Å². The second kappa shape index (κ2) is 6.02. The molecule has 0 aliphatic heterocycles. The van der Waals surface area contributed by atoms with Crippen molar-refractivity contribution < 1.29 is 9.53 Å². The van der Waals surface area contributed by atoms with Crippen LogP contribution in [0.4, 0.5) is 5.69 Å². The third kappa shape index (κ3) is 2.56. The predicted molar refractivity (Wildman–Crippen MR) is 102 cm³/mol. The number of nitrogen functional groups attached to an aromatic ring is 1. The van der Waals surface area contributed by atoms with Crippen LogP contribution < -0.4 is 11.3 Å². The van der Waals surface area contributed by atoms with Crippen LogP contribution in [0.25, 0.3) is 16.6 Å². The van der Waals surface area contributed by atoms with Crippen molar-refractivity contribution in [1.82, 2.24) is 4.40 Å². The average molecular weight is 348 g/mol. The monoisotopic (exact) mass is 348 g/mol. The van der Waals surface area contributed by atoms with Gasteiger partial charge in [0.1, 0.15) is 5.56 Å². The minimum absolute atomic E-state index is 0.0861. The number of pyridine rings is 2. The highest BCUT2D eigenvalue weighted by Crippen LogP contribution is 2.43. The Labute approximate surface area is 151 Å². The van der Waals surface area contributed by atoms with Gasteiger partial charge in [0.15, 0.2) is 0 Å². The molecule has 2 aromatic heterocycles. The van der Waals surface area contributed by atoms with E-state index >= 15 is 0 Å². The predicted octanol–water partition coefficient (Wildman–Crippen LogP) is 3.52. The van der Waals surface area contributed by atoms with E-state index in [0.717, 1.165) is 40.6 Å². The van der Waals surface area contributed by atoms with Gasteiger partial charge in [-0.3, -0.25) is 9.20 Å². The number of nitrogens with two attached hydrogens (primary N) is 1. The van der Waals surface area contributed by atoms with Gasteiger partial charge in [-0.2, -0.15) is 0 Å². The molecule has 5 nitrogen and oxygen atoms in total. The van der Waals surface area contributed by atoms with E-state index in [1.165, 1.54) is 7.11 Å². The molecule has 1 saturated carbocycles. The number of methoxy groups -OCH3 is 1. The Morgan fingerprint density at radius 3 is 2.65 bits per heavy atom. The van der Waals surface area contributed by atoms with E-state index in [1.807, 2.05) is 37.3 Å². The number of ether oxygens (including phenoxy) is 1. The fraction of sp³-hybridized carbons (Fsp3) is 0.238. The zero-order chi connectivity index (χ0) is 18.4. The number of nitrogens with zero attached hydrogens (tertiary/aromatic N) is 1. The van der Waals surface area contributed by atoms with E-state index < -0.39 is 5.97 Å². The molecule has 0 unspecified atom stereocenters. The van der Waals surface area contributed by atoms with Crippen LogP contribution in [0.3, 0.4) is 0 Å². The minimum Gasteiger partial charge on any atom is -0.465 e. The number of fused-ring (bicyclic) bond motifs is 1. The second-order valence-electron chi connectivity index (χ2n) is 6.78. The van der Waals surface area contributed by atoms with Gasteiger partial charge in [0.2, 0.25) is 0 Å². The van der Waals surface area contributed by atoms with E-state index in [0.29, 0.717) is 11.6 Å². The number of aromatic nitrogens is 1. The molecule has 2 N–H and O–H groups in total. The maximum absolute atomic E-state index is 12.8. The molecule has 1 aromatic carbocycles. The molecule has 0 bridgehead atoms. The number of hydrogen-bond acceptors (Lipinski definition) is 4. The fourth-order valence-corrected chi connectivity index (χ4v) is 3.58. The topological polar surface area (TPSA) is 73.8 Å². The molecule has 132 valence electrons. The van der Waals surface area contributed by atoms with Gasteiger partial charge in [0, 0.05) is 11.9 Å². The lowest BCUT2D eigenvalue weighted by atomic mass is 9.96. The van der Waals surface area contributed by atoms with Crippen molar-refractivity contribution in [2.24, 2.45) is 0 Å². The zero-order valence-electron chi connectivity index (χ0n) is 14.8. The summed E-state index contributed by atoms with van der Waals surface area (Å²) in [6.07, 6.45) is 3.87. The van der Waals surface area contributed by atoms with Crippen LogP contribution in [0.1, 0.15) is 40.2 Å². The van der Waals surface area contributed by atoms with Gasteiger partial charge in [0.05, 0.1) is 12.6 Å². The van der Waals surface area contributed by atoms with Crippen LogP contribution in [-0.2, 0) is 4.74 Å². The van der Waals surface area contributed by atoms with Crippen LogP contribution >= 0.6 is 0 Å². The highest BCUT2D eigenvalue weighted by molar-refractivity contribution is 5.90. The van der Waals surface area contributed by atoms with Crippen molar-refractivity contribution >= 4 is 17.2 Å². The maximum atomic E-state index is 12.8. The SMILES string of the molecule is COC(=O)c1cc(C2CC2)c2c(C)c(-c3cccc(N)c3)ccn2c1=O. The fourth-order valence-electron chi connectivity index (χ4n) is 3.58. The normalized spacial score (nSPS) is 13.8. The lowest BCUT2D eigenvalue weighted by Gasteiger charge is -2.16. The van der Waals surface area contributed by atoms with Gasteiger partial charge in [-0.25, -0.2) is 4.79 Å². The number of esters is 1. The molecule has 1 aliphatic carbocycles. The molecule has 26 heavy (non-hydrogen) atoms. The van der Waals surface area contributed by atoms with Crippen molar-refractivity contribution in [2.75, 3.05) is 12.8 Å². The Kier molecular flexibility index (Phi) is 3.80. The molecule has 5 heteroatoms. The van der Waals surface area contributed by atoms with Gasteiger partial charge in [-0.05, 0) is 72.2 Å². The summed E-state index contributed by atoms with van der Waals surface area (Å²) < 4.78 is 6.37. The van der Waals surface area contributed by atoms with E-state index in [2.05, 4.69) is 0 Å². The van der Waals surface area contributed by atoms with Gasteiger partial charge >= 0.3 is 5.97 Å². The van der Waals surface area contributed by atoms with Crippen LogP contribution in [0.5, 0.6) is 0 Å². The molecular formula is C21H20N2O3. The van der Waals surface area contributed by atoms with Crippen LogP contribution in [-0.4, -0.2) is 17.5 Å². The maximum Gasteiger partial charge on any atom is 0.343 e. The third-order valence-corrected chi connectivity index (χ3v) is 5.03. The molecule has 0 amide bonds. The van der Waals surface area contributed by atoms with Crippen molar-refractivity contribution in [3.8, 4) is 11.1 Å². The Morgan fingerprint density at radius 1 is 1.23 bits per heavy atom. The summed E-state index contributed by atoms with van der Waals surface area (Å²) >= 11 is 0. The van der Waals surface area contributed by atoms with Crippen molar-refractivity contribution in [1.29, 1.82) is 0 Å². The summed E-state index contributed by atoms with van der Waals surface area (Å²) in [5.74, 6) is -0.215. The molecule has 3 aromatic rings. The van der Waals surface area contributed by atoms with Gasteiger partial charge < -0.3 is 10.5 Å². The Balaban J connectivity index is 2.04. The first-order valence-electron chi connectivity index (χ1n) is 8.64. The molecule has 2 heterocycles. The number of benzene rings is 1.